The van der Waals surface area contributed by atoms with Gasteiger partial charge in [-0.3, -0.25) is 4.79 Å². The number of nitrogens with zero attached hydrogens (tertiary/aromatic N) is 3. The van der Waals surface area contributed by atoms with Gasteiger partial charge < -0.3 is 9.32 Å². The van der Waals surface area contributed by atoms with Gasteiger partial charge in [0, 0.05) is 24.0 Å². The van der Waals surface area contributed by atoms with Crippen LogP contribution in [0.25, 0.3) is 10.8 Å². The van der Waals surface area contributed by atoms with Gasteiger partial charge in [-0.15, -0.1) is 21.5 Å². The highest BCUT2D eigenvalue weighted by Crippen LogP contribution is 2.33. The van der Waals surface area contributed by atoms with Crippen LogP contribution in [0.1, 0.15) is 66.9 Å². The van der Waals surface area contributed by atoms with Gasteiger partial charge in [-0.05, 0) is 45.1 Å². The van der Waals surface area contributed by atoms with Crippen LogP contribution < -0.4 is 4.72 Å². The van der Waals surface area contributed by atoms with Gasteiger partial charge in [0.15, 0.2) is 0 Å². The van der Waals surface area contributed by atoms with Gasteiger partial charge in [0.1, 0.15) is 0 Å². The maximum atomic E-state index is 12.9. The van der Waals surface area contributed by atoms with Gasteiger partial charge >= 0.3 is 11.8 Å². The number of aryl methyl sites for hydroxylation is 1. The Hall–Kier alpha value is -1.78. The van der Waals surface area contributed by atoms with Crippen LogP contribution in [0, 0.1) is 6.92 Å². The second-order valence-corrected chi connectivity index (χ2v) is 10.7. The van der Waals surface area contributed by atoms with E-state index < -0.39 is 10.0 Å². The highest BCUT2D eigenvalue weighted by atomic mass is 32.2. The van der Waals surface area contributed by atoms with Crippen LogP contribution in [0.5, 0.6) is 0 Å². The largest absolute Gasteiger partial charge is 0.411 e. The van der Waals surface area contributed by atoms with Crippen molar-refractivity contribution in [3.63, 3.8) is 0 Å². The average Bonchev–Trinajstić information content (AvgIpc) is 3.36. The molecule has 1 N–H and O–H groups in total. The number of carbonyl (C=O) groups is 1. The molecular weight excluding hydrogens is 412 g/mol. The summed E-state index contributed by atoms with van der Waals surface area (Å²) >= 11 is 1.28. The molecule has 0 spiro atoms. The van der Waals surface area contributed by atoms with Crippen LogP contribution >= 0.6 is 11.3 Å². The number of rotatable bonds is 5. The minimum Gasteiger partial charge on any atom is -0.411 e. The predicted molar refractivity (Wildman–Crippen MR) is 109 cm³/mol. The summed E-state index contributed by atoms with van der Waals surface area (Å²) in [7, 11) is -3.61. The number of sulfonamides is 1. The zero-order valence-electron chi connectivity index (χ0n) is 16.5. The first-order valence-corrected chi connectivity index (χ1v) is 12.5. The van der Waals surface area contributed by atoms with Crippen LogP contribution in [-0.2, 0) is 10.0 Å². The Morgan fingerprint density at radius 1 is 1.14 bits per heavy atom. The van der Waals surface area contributed by atoms with Crippen LogP contribution in [0.2, 0.25) is 0 Å². The SMILES string of the molecule is Cc1sc(-c2nnc(C(=O)N3CCCCC3)o2)cc1S(=O)(=O)NC1CCCCC1. The zero-order valence-corrected chi connectivity index (χ0v) is 18.1. The summed E-state index contributed by atoms with van der Waals surface area (Å²) < 4.78 is 34.1. The number of thiophene rings is 1. The smallest absolute Gasteiger partial charge is 0.311 e. The molecule has 10 heteroatoms. The summed E-state index contributed by atoms with van der Waals surface area (Å²) in [5, 5.41) is 7.88. The van der Waals surface area contributed by atoms with E-state index in [2.05, 4.69) is 14.9 Å². The Morgan fingerprint density at radius 3 is 2.55 bits per heavy atom. The van der Waals surface area contributed by atoms with E-state index in [0.717, 1.165) is 51.4 Å². The molecule has 4 rings (SSSR count). The molecule has 29 heavy (non-hydrogen) atoms. The van der Waals surface area contributed by atoms with E-state index in [9.17, 15) is 13.2 Å². The van der Waals surface area contributed by atoms with Crippen molar-refractivity contribution in [3.8, 4) is 10.8 Å². The lowest BCUT2D eigenvalue weighted by atomic mass is 9.96. The first-order chi connectivity index (χ1) is 13.9. The lowest BCUT2D eigenvalue weighted by molar-refractivity contribution is 0.0684. The standard InChI is InChI=1S/C19H26N4O4S2/c1-13-16(29(25,26)22-14-8-4-2-5-9-14)12-15(28-13)17-20-21-18(27-17)19(24)23-10-6-3-7-11-23/h12,14,22H,2-11H2,1H3. The van der Waals surface area contributed by atoms with Crippen molar-refractivity contribution in [2.75, 3.05) is 13.1 Å². The van der Waals surface area contributed by atoms with Gasteiger partial charge in [0.05, 0.1) is 9.77 Å². The first kappa shape index (κ1) is 20.5. The number of piperidine rings is 1. The van der Waals surface area contributed by atoms with Crippen molar-refractivity contribution >= 4 is 27.3 Å². The quantitative estimate of drug-likeness (QED) is 0.767. The number of aromatic nitrogens is 2. The molecule has 0 atom stereocenters. The van der Waals surface area contributed by atoms with E-state index in [1.807, 2.05) is 0 Å². The maximum absolute atomic E-state index is 12.9. The number of hydrogen-bond donors (Lipinski definition) is 1. The van der Waals surface area contributed by atoms with Crippen molar-refractivity contribution in [3.05, 3.63) is 16.8 Å². The minimum absolute atomic E-state index is 0.00586. The average molecular weight is 439 g/mol. The van der Waals surface area contributed by atoms with Gasteiger partial charge in [-0.25, -0.2) is 13.1 Å². The topological polar surface area (TPSA) is 105 Å². The van der Waals surface area contributed by atoms with Gasteiger partial charge in [-0.2, -0.15) is 0 Å². The molecule has 0 unspecified atom stereocenters. The third-order valence-corrected chi connectivity index (χ3v) is 8.37. The highest BCUT2D eigenvalue weighted by Gasteiger charge is 2.28. The Kier molecular flexibility index (Phi) is 6.03. The van der Waals surface area contributed by atoms with E-state index in [4.69, 9.17) is 4.42 Å². The van der Waals surface area contributed by atoms with Gasteiger partial charge in [0.2, 0.25) is 10.0 Å². The van der Waals surface area contributed by atoms with E-state index in [-0.39, 0.29) is 28.6 Å². The van der Waals surface area contributed by atoms with Crippen molar-refractivity contribution in [1.29, 1.82) is 0 Å². The van der Waals surface area contributed by atoms with Crippen molar-refractivity contribution in [2.45, 2.75) is 69.2 Å². The molecule has 2 fully saturated rings. The normalized spacial score (nSPS) is 18.9. The third kappa shape index (κ3) is 4.54. The molecule has 1 amide bonds. The fraction of sp³-hybridized carbons (Fsp3) is 0.632. The Morgan fingerprint density at radius 2 is 1.83 bits per heavy atom. The maximum Gasteiger partial charge on any atom is 0.311 e. The van der Waals surface area contributed by atoms with E-state index in [0.29, 0.717) is 22.8 Å². The van der Waals surface area contributed by atoms with Crippen LogP contribution in [-0.4, -0.2) is 48.6 Å². The van der Waals surface area contributed by atoms with Crippen molar-refractivity contribution < 1.29 is 17.6 Å². The molecule has 2 aliphatic rings. The summed E-state index contributed by atoms with van der Waals surface area (Å²) in [5.74, 6) is -0.126. The van der Waals surface area contributed by atoms with Crippen molar-refractivity contribution in [2.24, 2.45) is 0 Å². The van der Waals surface area contributed by atoms with E-state index in [1.54, 1.807) is 17.9 Å². The lowest BCUT2D eigenvalue weighted by Crippen LogP contribution is -2.36. The molecule has 8 nitrogen and oxygen atoms in total. The number of nitrogens with one attached hydrogen (secondary N) is 1. The molecular formula is C19H26N4O4S2. The lowest BCUT2D eigenvalue weighted by Gasteiger charge is -2.24. The first-order valence-electron chi connectivity index (χ1n) is 10.2. The van der Waals surface area contributed by atoms with E-state index in [1.165, 1.54) is 11.3 Å². The molecule has 0 aromatic carbocycles. The molecule has 158 valence electrons. The van der Waals surface area contributed by atoms with Crippen LogP contribution in [0.3, 0.4) is 0 Å². The molecule has 1 saturated carbocycles. The number of amides is 1. The van der Waals surface area contributed by atoms with Crippen LogP contribution in [0.4, 0.5) is 0 Å². The molecule has 0 radical (unpaired) electrons. The molecule has 3 heterocycles. The summed E-state index contributed by atoms with van der Waals surface area (Å²) in [6.07, 6.45) is 8.10. The summed E-state index contributed by atoms with van der Waals surface area (Å²) in [5.41, 5.74) is 0. The van der Waals surface area contributed by atoms with E-state index >= 15 is 0 Å². The molecule has 2 aromatic heterocycles. The van der Waals surface area contributed by atoms with Gasteiger partial charge in [0.25, 0.3) is 5.89 Å². The minimum atomic E-state index is -3.61. The predicted octanol–water partition coefficient (Wildman–Crippen LogP) is 3.34. The zero-order chi connectivity index (χ0) is 20.4. The fourth-order valence-corrected chi connectivity index (χ4v) is 6.80. The van der Waals surface area contributed by atoms with Crippen molar-refractivity contribution in [1.82, 2.24) is 19.8 Å². The Balaban J connectivity index is 1.52. The molecule has 1 aliphatic carbocycles. The Labute approximate surface area is 174 Å². The number of carbonyl (C=O) groups excluding carboxylic acids is 1. The monoisotopic (exact) mass is 438 g/mol. The number of likely N-dealkylation sites (tertiary alicyclic amines) is 1. The molecule has 1 saturated heterocycles. The molecule has 2 aromatic rings. The summed E-state index contributed by atoms with van der Waals surface area (Å²) in [6.45, 7) is 3.16. The molecule has 1 aliphatic heterocycles. The van der Waals surface area contributed by atoms with Gasteiger partial charge in [-0.1, -0.05) is 19.3 Å². The highest BCUT2D eigenvalue weighted by molar-refractivity contribution is 7.89. The summed E-state index contributed by atoms with van der Waals surface area (Å²) in [4.78, 5) is 15.7. The number of hydrogen-bond acceptors (Lipinski definition) is 7. The Bertz CT molecular complexity index is 970. The second-order valence-electron chi connectivity index (χ2n) is 7.75. The second kappa shape index (κ2) is 8.53. The van der Waals surface area contributed by atoms with Crippen LogP contribution in [0.15, 0.2) is 15.4 Å². The fourth-order valence-electron chi connectivity index (χ4n) is 3.98. The molecule has 0 bridgehead atoms. The summed E-state index contributed by atoms with van der Waals surface area (Å²) in [6, 6.07) is 1.56. The third-order valence-electron chi connectivity index (χ3n) is 5.55.